The van der Waals surface area contributed by atoms with Crippen molar-refractivity contribution in [2.24, 2.45) is 0 Å². The molecule has 0 saturated carbocycles. The number of alkyl halides is 15. The van der Waals surface area contributed by atoms with Gasteiger partial charge in [0.2, 0.25) is 0 Å². The monoisotopic (exact) mass is 421 g/mol. The fourth-order valence-electron chi connectivity index (χ4n) is 1.06. The Labute approximate surface area is 123 Å². The first kappa shape index (κ1) is 23.8. The van der Waals surface area contributed by atoms with Crippen molar-refractivity contribution < 1.29 is 74.8 Å². The Morgan fingerprint density at radius 2 is 0.600 bits per heavy atom. The number of halogens is 17. The fraction of sp³-hybridized carbons (Fsp3) is 1.00. The SMILES string of the molecule is FN(F)C(F)(F)C(F)(F)C(F)(F)C(F)(F)C(F)(F)C(F)(F)C(F)(F)F. The molecule has 0 aromatic heterocycles. The quantitative estimate of drug-likeness (QED) is 0.316. The van der Waals surface area contributed by atoms with Crippen LogP contribution in [0.2, 0.25) is 0 Å². The van der Waals surface area contributed by atoms with E-state index >= 15 is 0 Å². The highest BCUT2D eigenvalue weighted by molar-refractivity contribution is 5.12. The second-order valence-corrected chi connectivity index (χ2v) is 4.14. The second kappa shape index (κ2) is 5.63. The Bertz CT molecular complexity index is 486. The van der Waals surface area contributed by atoms with E-state index in [9.17, 15) is 74.8 Å². The molecule has 0 aliphatic heterocycles. The first-order valence-electron chi connectivity index (χ1n) is 4.90. The van der Waals surface area contributed by atoms with Gasteiger partial charge in [0, 0.05) is 0 Å². The number of nitrogens with zero attached hydrogens (tertiary/aromatic N) is 1. The van der Waals surface area contributed by atoms with Crippen molar-refractivity contribution in [2.75, 3.05) is 0 Å². The Morgan fingerprint density at radius 3 is 0.840 bits per heavy atom. The Balaban J connectivity index is 6.50. The van der Waals surface area contributed by atoms with E-state index in [1.807, 2.05) is 0 Å². The maximum absolute atomic E-state index is 12.7. The molecule has 1 nitrogen and oxygen atoms in total. The first-order valence-corrected chi connectivity index (χ1v) is 4.90. The minimum atomic E-state index is -8.57. The lowest BCUT2D eigenvalue weighted by molar-refractivity contribution is -0.482. The third-order valence-electron chi connectivity index (χ3n) is 2.52. The van der Waals surface area contributed by atoms with Gasteiger partial charge in [-0.15, -0.1) is 0 Å². The van der Waals surface area contributed by atoms with E-state index in [2.05, 4.69) is 0 Å². The van der Waals surface area contributed by atoms with Crippen molar-refractivity contribution >= 4 is 0 Å². The highest BCUT2D eigenvalue weighted by atomic mass is 19.4. The van der Waals surface area contributed by atoms with E-state index < -0.39 is 47.2 Å². The summed E-state index contributed by atoms with van der Waals surface area (Å²) in [6.45, 7) is 0. The summed E-state index contributed by atoms with van der Waals surface area (Å²) in [5.74, 6) is -41.9. The zero-order chi connectivity index (χ0) is 21.1. The fourth-order valence-corrected chi connectivity index (χ4v) is 1.06. The first-order chi connectivity index (χ1) is 10.4. The smallest absolute Gasteiger partial charge is 0.192 e. The third kappa shape index (κ3) is 2.84. The summed E-state index contributed by atoms with van der Waals surface area (Å²) in [7, 11) is 0. The molecule has 152 valence electrons. The summed E-state index contributed by atoms with van der Waals surface area (Å²) >= 11 is 0. The maximum atomic E-state index is 12.7. The topological polar surface area (TPSA) is 3.24 Å². The number of hydrogen-bond donors (Lipinski definition) is 0. The lowest BCUT2D eigenvalue weighted by atomic mass is 9.93. The summed E-state index contributed by atoms with van der Waals surface area (Å²) in [5, 5.41) is -4.16. The predicted octanol–water partition coefficient (Wildman–Crippen LogP) is 5.39. The van der Waals surface area contributed by atoms with Gasteiger partial charge in [-0.3, -0.25) is 0 Å². The molecule has 0 aromatic carbocycles. The molecule has 18 heteroatoms. The molecule has 0 N–H and O–H groups in total. The van der Waals surface area contributed by atoms with Crippen LogP contribution in [0, 0.1) is 0 Å². The van der Waals surface area contributed by atoms with Crippen LogP contribution in [0.1, 0.15) is 0 Å². The van der Waals surface area contributed by atoms with Crippen LogP contribution < -0.4 is 0 Å². The van der Waals surface area contributed by atoms with Crippen LogP contribution >= 0.6 is 0 Å². The largest absolute Gasteiger partial charge is 0.460 e. The van der Waals surface area contributed by atoms with E-state index in [4.69, 9.17) is 0 Å². The van der Waals surface area contributed by atoms with E-state index in [1.54, 1.807) is 0 Å². The zero-order valence-corrected chi connectivity index (χ0v) is 10.4. The van der Waals surface area contributed by atoms with Crippen LogP contribution in [0.4, 0.5) is 74.8 Å². The molecular formula is C7F17N. The Kier molecular flexibility index (Phi) is 5.36. The van der Waals surface area contributed by atoms with Gasteiger partial charge in [-0.25, -0.2) is 0 Å². The van der Waals surface area contributed by atoms with Crippen LogP contribution in [-0.2, 0) is 0 Å². The molecule has 0 fully saturated rings. The van der Waals surface area contributed by atoms with Crippen molar-refractivity contribution in [3.05, 3.63) is 0 Å². The van der Waals surface area contributed by atoms with Crippen molar-refractivity contribution in [2.45, 2.75) is 41.8 Å². The van der Waals surface area contributed by atoms with Crippen molar-refractivity contribution in [1.82, 2.24) is 5.34 Å². The molecule has 0 saturated heterocycles. The lowest BCUT2D eigenvalue weighted by Gasteiger charge is -2.41. The minimum Gasteiger partial charge on any atom is -0.192 e. The van der Waals surface area contributed by atoms with Crippen LogP contribution in [0.5, 0.6) is 0 Å². The molecule has 0 bridgehead atoms. The van der Waals surface area contributed by atoms with Crippen molar-refractivity contribution in [1.29, 1.82) is 0 Å². The average Bonchev–Trinajstić information content (AvgIpc) is 2.35. The van der Waals surface area contributed by atoms with Crippen LogP contribution in [-0.4, -0.2) is 47.2 Å². The van der Waals surface area contributed by atoms with Gasteiger partial charge in [0.25, 0.3) is 0 Å². The van der Waals surface area contributed by atoms with Gasteiger partial charge in [0.1, 0.15) is 0 Å². The highest BCUT2D eigenvalue weighted by Crippen LogP contribution is 2.62. The summed E-state index contributed by atoms with van der Waals surface area (Å²) in [6.07, 6.45) is -7.74. The van der Waals surface area contributed by atoms with Gasteiger partial charge in [-0.1, -0.05) is 8.96 Å². The molecule has 0 atom stereocenters. The zero-order valence-electron chi connectivity index (χ0n) is 10.4. The summed E-state index contributed by atoms with van der Waals surface area (Å²) < 4.78 is 208. The molecule has 0 aliphatic carbocycles. The van der Waals surface area contributed by atoms with E-state index in [1.165, 1.54) is 0 Å². The predicted molar refractivity (Wildman–Crippen MR) is 39.8 cm³/mol. The van der Waals surface area contributed by atoms with Gasteiger partial charge in [0.05, 0.1) is 5.34 Å². The number of hydrogen-bond acceptors (Lipinski definition) is 1. The molecule has 0 heterocycles. The summed E-state index contributed by atoms with van der Waals surface area (Å²) in [4.78, 5) is 0. The van der Waals surface area contributed by atoms with Gasteiger partial charge in [0.15, 0.2) is 0 Å². The highest BCUT2D eigenvalue weighted by Gasteiger charge is 2.94. The van der Waals surface area contributed by atoms with Gasteiger partial charge < -0.3 is 0 Å². The normalized spacial score (nSPS) is 16.6. The second-order valence-electron chi connectivity index (χ2n) is 4.14. The Hall–Kier alpha value is -1.23. The molecule has 0 aromatic rings. The van der Waals surface area contributed by atoms with Gasteiger partial charge in [-0.2, -0.15) is 65.9 Å². The molecule has 0 spiro atoms. The van der Waals surface area contributed by atoms with Crippen LogP contribution in [0.25, 0.3) is 0 Å². The molecule has 0 amide bonds. The van der Waals surface area contributed by atoms with Crippen molar-refractivity contribution in [3.8, 4) is 0 Å². The molecular weight excluding hydrogens is 421 g/mol. The summed E-state index contributed by atoms with van der Waals surface area (Å²) in [6, 6.07) is -7.66. The molecule has 25 heavy (non-hydrogen) atoms. The minimum absolute atomic E-state index is 4.16. The average molecular weight is 421 g/mol. The van der Waals surface area contributed by atoms with E-state index in [-0.39, 0.29) is 0 Å². The molecule has 0 rings (SSSR count). The number of rotatable bonds is 6. The van der Waals surface area contributed by atoms with Gasteiger partial charge >= 0.3 is 41.8 Å². The van der Waals surface area contributed by atoms with E-state index in [0.717, 1.165) is 0 Å². The van der Waals surface area contributed by atoms with E-state index in [0.29, 0.717) is 0 Å². The van der Waals surface area contributed by atoms with Gasteiger partial charge in [-0.05, 0) is 0 Å². The Morgan fingerprint density at radius 1 is 0.360 bits per heavy atom. The standard InChI is InChI=1S/C7F17N/c8-1(9,2(10,11)4(14,15)6(18,19)20)3(12,13)5(16,17)7(21,22)25(23)24. The molecule has 0 unspecified atom stereocenters. The van der Waals surface area contributed by atoms with Crippen LogP contribution in [0.15, 0.2) is 0 Å². The maximum Gasteiger partial charge on any atom is 0.460 e. The van der Waals surface area contributed by atoms with Crippen molar-refractivity contribution in [3.63, 3.8) is 0 Å². The molecule has 0 radical (unpaired) electrons. The third-order valence-corrected chi connectivity index (χ3v) is 2.52. The molecule has 0 aliphatic rings. The summed E-state index contributed by atoms with van der Waals surface area (Å²) in [5.41, 5.74) is 0. The lowest BCUT2D eigenvalue weighted by Crippen LogP contribution is -2.73. The van der Waals surface area contributed by atoms with Crippen LogP contribution in [0.3, 0.4) is 0 Å².